The zero-order valence-electron chi connectivity index (χ0n) is 19.9. The lowest BCUT2D eigenvalue weighted by atomic mass is 10.0. The lowest BCUT2D eigenvalue weighted by Crippen LogP contribution is -2.41. The summed E-state index contributed by atoms with van der Waals surface area (Å²) in [6, 6.07) is 18.3. The highest BCUT2D eigenvalue weighted by Gasteiger charge is 2.29. The Morgan fingerprint density at radius 3 is 2.47 bits per heavy atom. The number of benzene rings is 2. The molecule has 2 aliphatic heterocycles. The molecule has 1 aromatic heterocycles. The Hall–Kier alpha value is -3.25. The number of aryl methyl sites for hydroxylation is 1. The molecule has 2 aromatic carbocycles. The number of amides is 1. The van der Waals surface area contributed by atoms with Gasteiger partial charge in [0.2, 0.25) is 0 Å². The second-order valence-electron chi connectivity index (χ2n) is 9.04. The van der Waals surface area contributed by atoms with Crippen molar-refractivity contribution in [1.82, 2.24) is 14.9 Å². The molecule has 1 saturated heterocycles. The first kappa shape index (κ1) is 22.5. The number of nitrogens with zero attached hydrogens (tertiary/aromatic N) is 4. The van der Waals surface area contributed by atoms with Crippen LogP contribution in [0.1, 0.15) is 46.9 Å². The van der Waals surface area contributed by atoms with E-state index in [2.05, 4.69) is 24.0 Å². The monoisotopic (exact) mass is 456 g/mol. The molecule has 0 saturated carbocycles. The molecule has 2 aliphatic rings. The van der Waals surface area contributed by atoms with Gasteiger partial charge in [0.05, 0.1) is 25.5 Å². The topological polar surface area (TPSA) is 58.6 Å². The standard InChI is InChI=1S/C28H32N4O2/c1-2-3-7-21-10-12-23(13-11-21)28(33)32-15-14-25-24(20-32)27(31-16-18-34-19-17-31)30-26(29-25)22-8-5-4-6-9-22/h4-6,8-13H,2-3,7,14-20H2,1H3. The number of aromatic nitrogens is 2. The molecule has 3 aromatic rings. The van der Waals surface area contributed by atoms with Crippen LogP contribution in [0, 0.1) is 0 Å². The predicted molar refractivity (Wildman–Crippen MR) is 134 cm³/mol. The third kappa shape index (κ3) is 4.82. The van der Waals surface area contributed by atoms with Crippen LogP contribution in [0.4, 0.5) is 5.82 Å². The van der Waals surface area contributed by atoms with Crippen molar-refractivity contribution < 1.29 is 9.53 Å². The Labute approximate surface area is 201 Å². The van der Waals surface area contributed by atoms with Crippen LogP contribution in [0.25, 0.3) is 11.4 Å². The molecule has 6 nitrogen and oxygen atoms in total. The van der Waals surface area contributed by atoms with E-state index in [1.54, 1.807) is 0 Å². The summed E-state index contributed by atoms with van der Waals surface area (Å²) in [6.45, 7) is 6.36. The summed E-state index contributed by atoms with van der Waals surface area (Å²) in [6.07, 6.45) is 4.14. The first-order valence-corrected chi connectivity index (χ1v) is 12.4. The molecular formula is C28H32N4O2. The Morgan fingerprint density at radius 1 is 0.971 bits per heavy atom. The summed E-state index contributed by atoms with van der Waals surface area (Å²) < 4.78 is 5.58. The molecule has 0 spiro atoms. The maximum absolute atomic E-state index is 13.4. The number of hydrogen-bond donors (Lipinski definition) is 0. The molecule has 0 unspecified atom stereocenters. The van der Waals surface area contributed by atoms with Gasteiger partial charge in [-0.1, -0.05) is 55.8 Å². The number of hydrogen-bond acceptors (Lipinski definition) is 5. The molecule has 34 heavy (non-hydrogen) atoms. The van der Waals surface area contributed by atoms with Crippen molar-refractivity contribution in [3.8, 4) is 11.4 Å². The molecule has 176 valence electrons. The van der Waals surface area contributed by atoms with Gasteiger partial charge in [0.15, 0.2) is 5.82 Å². The van der Waals surface area contributed by atoms with E-state index in [0.29, 0.717) is 26.3 Å². The third-order valence-electron chi connectivity index (χ3n) is 6.69. The molecule has 0 N–H and O–H groups in total. The van der Waals surface area contributed by atoms with E-state index in [0.717, 1.165) is 60.0 Å². The van der Waals surface area contributed by atoms with Crippen LogP contribution in [0.2, 0.25) is 0 Å². The number of rotatable bonds is 6. The minimum absolute atomic E-state index is 0.0766. The van der Waals surface area contributed by atoms with Gasteiger partial charge in [-0.05, 0) is 30.5 Å². The first-order valence-electron chi connectivity index (χ1n) is 12.4. The summed E-state index contributed by atoms with van der Waals surface area (Å²) in [5.41, 5.74) is 5.17. The lowest BCUT2D eigenvalue weighted by Gasteiger charge is -2.34. The van der Waals surface area contributed by atoms with Gasteiger partial charge in [0.25, 0.3) is 5.91 Å². The van der Waals surface area contributed by atoms with E-state index >= 15 is 0 Å². The number of carbonyl (C=O) groups is 1. The molecule has 0 aliphatic carbocycles. The number of ether oxygens (including phenoxy) is 1. The van der Waals surface area contributed by atoms with Crippen LogP contribution in [-0.2, 0) is 24.1 Å². The maximum Gasteiger partial charge on any atom is 0.254 e. The minimum atomic E-state index is 0.0766. The highest BCUT2D eigenvalue weighted by Crippen LogP contribution is 2.31. The highest BCUT2D eigenvalue weighted by atomic mass is 16.5. The summed E-state index contributed by atoms with van der Waals surface area (Å²) in [7, 11) is 0. The molecule has 5 rings (SSSR count). The fourth-order valence-corrected chi connectivity index (χ4v) is 4.70. The molecule has 0 atom stereocenters. The largest absolute Gasteiger partial charge is 0.378 e. The van der Waals surface area contributed by atoms with Crippen molar-refractivity contribution in [3.63, 3.8) is 0 Å². The molecule has 1 amide bonds. The molecule has 3 heterocycles. The second kappa shape index (κ2) is 10.3. The van der Waals surface area contributed by atoms with Gasteiger partial charge in [-0.3, -0.25) is 4.79 Å². The number of anilines is 1. The highest BCUT2D eigenvalue weighted by molar-refractivity contribution is 5.94. The van der Waals surface area contributed by atoms with Crippen LogP contribution in [-0.4, -0.2) is 53.6 Å². The summed E-state index contributed by atoms with van der Waals surface area (Å²) in [5.74, 6) is 1.77. The summed E-state index contributed by atoms with van der Waals surface area (Å²) >= 11 is 0. The number of unbranched alkanes of at least 4 members (excludes halogenated alkanes) is 1. The first-order chi connectivity index (χ1) is 16.7. The molecule has 6 heteroatoms. The average Bonchev–Trinajstić information content (AvgIpc) is 2.92. The summed E-state index contributed by atoms with van der Waals surface area (Å²) in [4.78, 5) is 27.5. The Morgan fingerprint density at radius 2 is 1.74 bits per heavy atom. The van der Waals surface area contributed by atoms with Crippen LogP contribution < -0.4 is 4.90 Å². The fraction of sp³-hybridized carbons (Fsp3) is 0.393. The number of fused-ring (bicyclic) bond motifs is 1. The van der Waals surface area contributed by atoms with Crippen LogP contribution in [0.3, 0.4) is 0 Å². The zero-order chi connectivity index (χ0) is 23.3. The SMILES string of the molecule is CCCCc1ccc(C(=O)N2CCc3nc(-c4ccccc4)nc(N4CCOCC4)c3C2)cc1. The van der Waals surface area contributed by atoms with Gasteiger partial charge in [-0.2, -0.15) is 0 Å². The predicted octanol–water partition coefficient (Wildman–Crippen LogP) is 4.52. The van der Waals surface area contributed by atoms with Gasteiger partial charge in [-0.25, -0.2) is 9.97 Å². The van der Waals surface area contributed by atoms with Gasteiger partial charge >= 0.3 is 0 Å². The molecule has 0 radical (unpaired) electrons. The van der Waals surface area contributed by atoms with Gasteiger partial charge in [0.1, 0.15) is 5.82 Å². The Balaban J connectivity index is 1.43. The quantitative estimate of drug-likeness (QED) is 0.546. The normalized spacial score (nSPS) is 15.8. The van der Waals surface area contributed by atoms with Crippen molar-refractivity contribution in [3.05, 3.63) is 77.0 Å². The molecule has 0 bridgehead atoms. The average molecular weight is 457 g/mol. The van der Waals surface area contributed by atoms with Crippen molar-refractivity contribution in [2.24, 2.45) is 0 Å². The summed E-state index contributed by atoms with van der Waals surface area (Å²) in [5, 5.41) is 0. The van der Waals surface area contributed by atoms with Crippen molar-refractivity contribution in [1.29, 1.82) is 0 Å². The van der Waals surface area contributed by atoms with Crippen LogP contribution in [0.5, 0.6) is 0 Å². The molecular weight excluding hydrogens is 424 g/mol. The second-order valence-corrected chi connectivity index (χ2v) is 9.04. The van der Waals surface area contributed by atoms with E-state index < -0.39 is 0 Å². The fourth-order valence-electron chi connectivity index (χ4n) is 4.70. The number of morpholine rings is 1. The number of carbonyl (C=O) groups excluding carboxylic acids is 1. The van der Waals surface area contributed by atoms with E-state index in [9.17, 15) is 4.79 Å². The Bertz CT molecular complexity index is 1130. The smallest absolute Gasteiger partial charge is 0.254 e. The van der Waals surface area contributed by atoms with Gasteiger partial charge in [0, 0.05) is 42.7 Å². The van der Waals surface area contributed by atoms with Crippen LogP contribution >= 0.6 is 0 Å². The third-order valence-corrected chi connectivity index (χ3v) is 6.69. The molecule has 1 fully saturated rings. The van der Waals surface area contributed by atoms with E-state index in [1.807, 2.05) is 47.4 Å². The van der Waals surface area contributed by atoms with Crippen molar-refractivity contribution >= 4 is 11.7 Å². The van der Waals surface area contributed by atoms with Gasteiger partial charge in [-0.15, -0.1) is 0 Å². The minimum Gasteiger partial charge on any atom is -0.378 e. The Kier molecular flexibility index (Phi) is 6.86. The lowest BCUT2D eigenvalue weighted by molar-refractivity contribution is 0.0733. The van der Waals surface area contributed by atoms with Crippen molar-refractivity contribution in [2.45, 2.75) is 39.2 Å². The van der Waals surface area contributed by atoms with E-state index in [1.165, 1.54) is 18.4 Å². The van der Waals surface area contributed by atoms with Crippen molar-refractivity contribution in [2.75, 3.05) is 37.7 Å². The zero-order valence-corrected chi connectivity index (χ0v) is 19.9. The van der Waals surface area contributed by atoms with Gasteiger partial charge < -0.3 is 14.5 Å². The van der Waals surface area contributed by atoms with Crippen LogP contribution in [0.15, 0.2) is 54.6 Å². The van der Waals surface area contributed by atoms with E-state index in [-0.39, 0.29) is 5.91 Å². The maximum atomic E-state index is 13.4. The van der Waals surface area contributed by atoms with E-state index in [4.69, 9.17) is 14.7 Å².